The van der Waals surface area contributed by atoms with Crippen molar-refractivity contribution < 1.29 is 17.6 Å². The molecular weight excluding hydrogens is 367 g/mol. The van der Waals surface area contributed by atoms with Crippen molar-refractivity contribution in [1.29, 1.82) is 0 Å². The fourth-order valence-corrected chi connectivity index (χ4v) is 4.02. The quantitative estimate of drug-likeness (QED) is 0.852. The van der Waals surface area contributed by atoms with Gasteiger partial charge in [-0.2, -0.15) is 0 Å². The monoisotopic (exact) mass is 390 g/mol. The Bertz CT molecular complexity index is 908. The first kappa shape index (κ1) is 19.4. The van der Waals surface area contributed by atoms with Crippen molar-refractivity contribution in [1.82, 2.24) is 4.90 Å². The molecule has 2 aromatic rings. The van der Waals surface area contributed by atoms with Gasteiger partial charge in [-0.05, 0) is 48.9 Å². The van der Waals surface area contributed by atoms with Crippen LogP contribution in [0.2, 0.25) is 0 Å². The Hall–Kier alpha value is -2.41. The number of anilines is 1. The van der Waals surface area contributed by atoms with Gasteiger partial charge in [0.1, 0.15) is 5.82 Å². The summed E-state index contributed by atoms with van der Waals surface area (Å²) in [5, 5.41) is 0. The average molecular weight is 390 g/mol. The molecular formula is C20H23FN2O3S. The number of nitrogens with zero attached hydrogens (tertiary/aromatic N) is 1. The molecule has 1 aliphatic rings. The summed E-state index contributed by atoms with van der Waals surface area (Å²) in [5.41, 5.74) is 1.43. The number of carbonyl (C=O) groups excluding carboxylic acids is 1. The molecule has 1 aliphatic heterocycles. The lowest BCUT2D eigenvalue weighted by Crippen LogP contribution is -2.39. The number of nitrogens with one attached hydrogen (secondary N) is 1. The molecule has 1 N–H and O–H groups in total. The predicted molar refractivity (Wildman–Crippen MR) is 104 cm³/mol. The molecule has 0 atom stereocenters. The topological polar surface area (TPSA) is 66.5 Å². The third kappa shape index (κ3) is 5.29. The summed E-state index contributed by atoms with van der Waals surface area (Å²) in [6.07, 6.45) is 3.71. The van der Waals surface area contributed by atoms with Gasteiger partial charge in [-0.1, -0.05) is 30.3 Å². The van der Waals surface area contributed by atoms with Gasteiger partial charge in [0, 0.05) is 13.1 Å². The molecule has 144 valence electrons. The summed E-state index contributed by atoms with van der Waals surface area (Å²) in [6, 6.07) is 13.8. The average Bonchev–Trinajstić information content (AvgIpc) is 2.63. The first-order chi connectivity index (χ1) is 12.8. The van der Waals surface area contributed by atoms with Crippen molar-refractivity contribution in [2.45, 2.75) is 19.3 Å². The van der Waals surface area contributed by atoms with Crippen LogP contribution in [0.4, 0.5) is 10.1 Å². The number of sulfonamides is 1. The molecule has 0 radical (unpaired) electrons. The third-order valence-electron chi connectivity index (χ3n) is 4.78. The van der Waals surface area contributed by atoms with Gasteiger partial charge in [0.2, 0.25) is 10.0 Å². The van der Waals surface area contributed by atoms with Gasteiger partial charge in [-0.15, -0.1) is 0 Å². The summed E-state index contributed by atoms with van der Waals surface area (Å²) >= 11 is 0. The summed E-state index contributed by atoms with van der Waals surface area (Å²) in [5.74, 6) is -0.423. The minimum atomic E-state index is -3.56. The van der Waals surface area contributed by atoms with Gasteiger partial charge in [-0.25, -0.2) is 12.8 Å². The van der Waals surface area contributed by atoms with Gasteiger partial charge in [-0.3, -0.25) is 9.52 Å². The first-order valence-corrected chi connectivity index (χ1v) is 10.8. The highest BCUT2D eigenvalue weighted by atomic mass is 32.2. The minimum absolute atomic E-state index is 0.0435. The molecule has 0 aliphatic carbocycles. The van der Waals surface area contributed by atoms with Crippen LogP contribution in [0.3, 0.4) is 0 Å². The van der Waals surface area contributed by atoms with E-state index >= 15 is 0 Å². The number of hydrogen-bond acceptors (Lipinski definition) is 3. The van der Waals surface area contributed by atoms with Crippen LogP contribution < -0.4 is 4.72 Å². The van der Waals surface area contributed by atoms with E-state index in [9.17, 15) is 17.6 Å². The van der Waals surface area contributed by atoms with E-state index in [1.54, 1.807) is 4.90 Å². The first-order valence-electron chi connectivity index (χ1n) is 8.92. The van der Waals surface area contributed by atoms with Crippen LogP contribution in [-0.2, 0) is 16.4 Å². The molecule has 0 bridgehead atoms. The second kappa shape index (κ2) is 8.08. The molecule has 27 heavy (non-hydrogen) atoms. The molecule has 5 nitrogen and oxygen atoms in total. The lowest BCUT2D eigenvalue weighted by molar-refractivity contribution is 0.0691. The van der Waals surface area contributed by atoms with Crippen molar-refractivity contribution in [2.75, 3.05) is 24.1 Å². The van der Waals surface area contributed by atoms with E-state index in [1.165, 1.54) is 11.6 Å². The Labute approximate surface area is 159 Å². The van der Waals surface area contributed by atoms with E-state index in [4.69, 9.17) is 0 Å². The van der Waals surface area contributed by atoms with Crippen LogP contribution >= 0.6 is 0 Å². The molecule has 0 saturated carbocycles. The maximum absolute atomic E-state index is 13.7. The Kier molecular flexibility index (Phi) is 5.79. The van der Waals surface area contributed by atoms with Gasteiger partial charge < -0.3 is 4.90 Å². The summed E-state index contributed by atoms with van der Waals surface area (Å²) in [7, 11) is -3.56. The normalized spacial score (nSPS) is 15.6. The summed E-state index contributed by atoms with van der Waals surface area (Å²) < 4.78 is 39.0. The number of hydrogen-bond donors (Lipinski definition) is 1. The maximum Gasteiger partial charge on any atom is 0.256 e. The van der Waals surface area contributed by atoms with Crippen molar-refractivity contribution >= 4 is 21.6 Å². The smallest absolute Gasteiger partial charge is 0.256 e. The Morgan fingerprint density at radius 2 is 1.81 bits per heavy atom. The fraction of sp³-hybridized carbons (Fsp3) is 0.350. The van der Waals surface area contributed by atoms with Crippen LogP contribution in [0, 0.1) is 11.7 Å². The molecule has 1 heterocycles. The highest BCUT2D eigenvalue weighted by Crippen LogP contribution is 2.25. The third-order valence-corrected chi connectivity index (χ3v) is 5.37. The molecule has 0 aromatic heterocycles. The molecule has 2 aromatic carbocycles. The van der Waals surface area contributed by atoms with Gasteiger partial charge in [0.25, 0.3) is 5.91 Å². The van der Waals surface area contributed by atoms with Crippen molar-refractivity contribution in [3.63, 3.8) is 0 Å². The molecule has 0 spiro atoms. The largest absolute Gasteiger partial charge is 0.339 e. The van der Waals surface area contributed by atoms with E-state index in [1.807, 2.05) is 18.2 Å². The van der Waals surface area contributed by atoms with Crippen LogP contribution in [0.1, 0.15) is 28.8 Å². The number of piperidine rings is 1. The zero-order chi connectivity index (χ0) is 19.4. The van der Waals surface area contributed by atoms with Crippen molar-refractivity contribution in [2.24, 2.45) is 5.92 Å². The number of benzene rings is 2. The van der Waals surface area contributed by atoms with Crippen molar-refractivity contribution in [3.05, 3.63) is 65.5 Å². The number of rotatable bonds is 5. The van der Waals surface area contributed by atoms with Gasteiger partial charge in [0.15, 0.2) is 0 Å². The predicted octanol–water partition coefficient (Wildman–Crippen LogP) is 3.29. The van der Waals surface area contributed by atoms with E-state index in [-0.39, 0.29) is 17.2 Å². The van der Waals surface area contributed by atoms with E-state index in [0.717, 1.165) is 37.7 Å². The van der Waals surface area contributed by atoms with Crippen LogP contribution in [0.5, 0.6) is 0 Å². The summed E-state index contributed by atoms with van der Waals surface area (Å²) in [4.78, 5) is 14.5. The zero-order valence-corrected chi connectivity index (χ0v) is 16.0. The van der Waals surface area contributed by atoms with E-state index in [0.29, 0.717) is 19.0 Å². The lowest BCUT2D eigenvalue weighted by Gasteiger charge is -2.32. The van der Waals surface area contributed by atoms with Gasteiger partial charge in [0.05, 0.1) is 17.5 Å². The maximum atomic E-state index is 13.7. The molecule has 1 saturated heterocycles. The van der Waals surface area contributed by atoms with Crippen LogP contribution in [-0.4, -0.2) is 38.6 Å². The lowest BCUT2D eigenvalue weighted by atomic mass is 9.90. The number of amides is 1. The molecule has 0 unspecified atom stereocenters. The second-order valence-electron chi connectivity index (χ2n) is 6.99. The van der Waals surface area contributed by atoms with Crippen LogP contribution in [0.25, 0.3) is 0 Å². The number of carbonyl (C=O) groups is 1. The zero-order valence-electron chi connectivity index (χ0n) is 15.2. The van der Waals surface area contributed by atoms with E-state index < -0.39 is 15.8 Å². The SMILES string of the molecule is CS(=O)(=O)Nc1ccc(F)cc1C(=O)N1CCC(Cc2ccccc2)CC1. The fourth-order valence-electron chi connectivity index (χ4n) is 3.44. The van der Waals surface area contributed by atoms with Crippen LogP contribution in [0.15, 0.2) is 48.5 Å². The number of halogens is 1. The molecule has 1 amide bonds. The number of likely N-dealkylation sites (tertiary alicyclic amines) is 1. The van der Waals surface area contributed by atoms with Gasteiger partial charge >= 0.3 is 0 Å². The molecule has 1 fully saturated rings. The highest BCUT2D eigenvalue weighted by molar-refractivity contribution is 7.92. The summed E-state index contributed by atoms with van der Waals surface area (Å²) in [6.45, 7) is 1.15. The highest BCUT2D eigenvalue weighted by Gasteiger charge is 2.26. The Morgan fingerprint density at radius 1 is 1.15 bits per heavy atom. The Morgan fingerprint density at radius 3 is 2.44 bits per heavy atom. The minimum Gasteiger partial charge on any atom is -0.339 e. The standard InChI is InChI=1S/C20H23FN2O3S/c1-27(25,26)22-19-8-7-17(21)14-18(19)20(24)23-11-9-16(10-12-23)13-15-5-3-2-4-6-15/h2-8,14,16,22H,9-13H2,1H3. The molecule has 7 heteroatoms. The molecule has 3 rings (SSSR count). The van der Waals surface area contributed by atoms with Crippen molar-refractivity contribution in [3.8, 4) is 0 Å². The second-order valence-corrected chi connectivity index (χ2v) is 8.74. The van der Waals surface area contributed by atoms with E-state index in [2.05, 4.69) is 16.9 Å². The Balaban J connectivity index is 1.68.